The molecule has 2 atom stereocenters. The molecule has 6 heteroatoms. The van der Waals surface area contributed by atoms with E-state index in [0.29, 0.717) is 16.6 Å². The van der Waals surface area contributed by atoms with E-state index in [1.807, 2.05) is 0 Å². The Morgan fingerprint density at radius 3 is 2.94 bits per heavy atom. The molecule has 1 saturated heterocycles. The Morgan fingerprint density at radius 2 is 2.24 bits per heavy atom. The number of halogens is 1. The highest BCUT2D eigenvalue weighted by atomic mass is 79.9. The van der Waals surface area contributed by atoms with Crippen LogP contribution in [0.2, 0.25) is 0 Å². The van der Waals surface area contributed by atoms with Gasteiger partial charge in [0, 0.05) is 32.2 Å². The highest BCUT2D eigenvalue weighted by Crippen LogP contribution is 2.24. The van der Waals surface area contributed by atoms with Gasteiger partial charge in [-0.3, -0.25) is 4.79 Å². The molecular formula is C11H17BrN4O. The summed E-state index contributed by atoms with van der Waals surface area (Å²) >= 11 is 3.38. The second-order valence-corrected chi connectivity index (χ2v) is 5.38. The van der Waals surface area contributed by atoms with Gasteiger partial charge in [0.15, 0.2) is 0 Å². The minimum Gasteiger partial charge on any atom is -0.364 e. The molecule has 2 rings (SSSR count). The van der Waals surface area contributed by atoms with Crippen molar-refractivity contribution in [1.82, 2.24) is 15.1 Å². The highest BCUT2D eigenvalue weighted by molar-refractivity contribution is 9.10. The molecule has 1 aliphatic rings. The van der Waals surface area contributed by atoms with Crippen LogP contribution in [0.3, 0.4) is 0 Å². The van der Waals surface area contributed by atoms with Gasteiger partial charge in [-0.15, -0.1) is 0 Å². The van der Waals surface area contributed by atoms with Crippen molar-refractivity contribution in [3.05, 3.63) is 21.0 Å². The molecule has 0 amide bonds. The average molecular weight is 301 g/mol. The lowest BCUT2D eigenvalue weighted by atomic mass is 10.1. The minimum atomic E-state index is -0.0964. The number of anilines is 1. The van der Waals surface area contributed by atoms with Crippen LogP contribution in [0, 0.1) is 0 Å². The number of hydrogen-bond donors (Lipinski definition) is 1. The predicted molar refractivity (Wildman–Crippen MR) is 71.5 cm³/mol. The van der Waals surface area contributed by atoms with Crippen LogP contribution in [-0.2, 0) is 7.05 Å². The van der Waals surface area contributed by atoms with Crippen LogP contribution in [0.1, 0.15) is 13.8 Å². The fraction of sp³-hybridized carbons (Fsp3) is 0.636. The van der Waals surface area contributed by atoms with Crippen LogP contribution in [-0.4, -0.2) is 35.0 Å². The van der Waals surface area contributed by atoms with Gasteiger partial charge in [0.2, 0.25) is 0 Å². The lowest BCUT2D eigenvalue weighted by molar-refractivity contribution is 0.423. The second-order valence-electron chi connectivity index (χ2n) is 4.58. The fourth-order valence-corrected chi connectivity index (χ4v) is 2.65. The first kappa shape index (κ1) is 12.6. The minimum absolute atomic E-state index is 0.0964. The zero-order chi connectivity index (χ0) is 12.6. The first-order valence-corrected chi connectivity index (χ1v) is 6.52. The van der Waals surface area contributed by atoms with E-state index in [2.05, 4.69) is 45.1 Å². The Labute approximate surface area is 109 Å². The highest BCUT2D eigenvalue weighted by Gasteiger charge is 2.25. The van der Waals surface area contributed by atoms with Crippen LogP contribution in [0.15, 0.2) is 15.5 Å². The number of nitrogens with zero attached hydrogens (tertiary/aromatic N) is 3. The van der Waals surface area contributed by atoms with Crippen LogP contribution in [0.4, 0.5) is 5.69 Å². The van der Waals surface area contributed by atoms with Crippen LogP contribution >= 0.6 is 15.9 Å². The van der Waals surface area contributed by atoms with E-state index in [1.165, 1.54) is 4.68 Å². The molecule has 0 aromatic carbocycles. The molecule has 94 valence electrons. The summed E-state index contributed by atoms with van der Waals surface area (Å²) in [6, 6.07) is 0.776. The molecule has 0 saturated carbocycles. The zero-order valence-corrected chi connectivity index (χ0v) is 11.9. The standard InChI is InChI=1S/C11H17BrN4O/c1-7-6-16(8(2)4-13-7)9-5-14-15(3)11(17)10(9)12/h5,7-8,13H,4,6H2,1-3H3. The van der Waals surface area contributed by atoms with Crippen LogP contribution in [0.25, 0.3) is 0 Å². The van der Waals surface area contributed by atoms with E-state index in [9.17, 15) is 4.79 Å². The topological polar surface area (TPSA) is 50.2 Å². The lowest BCUT2D eigenvalue weighted by Crippen LogP contribution is -2.54. The van der Waals surface area contributed by atoms with E-state index >= 15 is 0 Å². The van der Waals surface area contributed by atoms with Crippen LogP contribution < -0.4 is 15.8 Å². The molecule has 0 radical (unpaired) electrons. The van der Waals surface area contributed by atoms with Crippen LogP contribution in [0.5, 0.6) is 0 Å². The van der Waals surface area contributed by atoms with E-state index < -0.39 is 0 Å². The summed E-state index contributed by atoms with van der Waals surface area (Å²) in [5.41, 5.74) is 0.787. The Hall–Kier alpha value is -0.880. The Kier molecular flexibility index (Phi) is 3.53. The number of piperazine rings is 1. The maximum Gasteiger partial charge on any atom is 0.282 e. The summed E-state index contributed by atoms with van der Waals surface area (Å²) < 4.78 is 1.93. The number of aryl methyl sites for hydroxylation is 1. The number of aromatic nitrogens is 2. The molecule has 2 unspecified atom stereocenters. The molecular weight excluding hydrogens is 284 g/mol. The summed E-state index contributed by atoms with van der Waals surface area (Å²) in [4.78, 5) is 14.1. The summed E-state index contributed by atoms with van der Waals surface area (Å²) in [5.74, 6) is 0. The van der Waals surface area contributed by atoms with Crippen molar-refractivity contribution < 1.29 is 0 Å². The van der Waals surface area contributed by atoms with Crippen molar-refractivity contribution in [2.24, 2.45) is 7.05 Å². The van der Waals surface area contributed by atoms with Crippen molar-refractivity contribution in [2.75, 3.05) is 18.0 Å². The molecule has 1 fully saturated rings. The van der Waals surface area contributed by atoms with Crippen molar-refractivity contribution in [3.63, 3.8) is 0 Å². The largest absolute Gasteiger partial charge is 0.364 e. The third kappa shape index (κ3) is 2.37. The number of rotatable bonds is 1. The molecule has 0 aliphatic carbocycles. The van der Waals surface area contributed by atoms with Gasteiger partial charge in [-0.1, -0.05) is 0 Å². The van der Waals surface area contributed by atoms with Crippen molar-refractivity contribution in [3.8, 4) is 0 Å². The number of nitrogens with one attached hydrogen (secondary N) is 1. The van der Waals surface area contributed by atoms with E-state index in [-0.39, 0.29) is 5.56 Å². The molecule has 17 heavy (non-hydrogen) atoms. The fourth-order valence-electron chi connectivity index (χ4n) is 2.06. The Balaban J connectivity index is 2.39. The van der Waals surface area contributed by atoms with E-state index in [0.717, 1.165) is 18.8 Å². The van der Waals surface area contributed by atoms with Gasteiger partial charge in [-0.05, 0) is 29.8 Å². The molecule has 0 spiro atoms. The SMILES string of the molecule is CC1CN(c2cnn(C)c(=O)c2Br)C(C)CN1. The smallest absolute Gasteiger partial charge is 0.282 e. The Bertz CT molecular complexity index is 473. The molecule has 1 N–H and O–H groups in total. The van der Waals surface area contributed by atoms with Gasteiger partial charge in [0.25, 0.3) is 5.56 Å². The molecule has 1 aliphatic heterocycles. The molecule has 5 nitrogen and oxygen atoms in total. The van der Waals surface area contributed by atoms with Gasteiger partial charge >= 0.3 is 0 Å². The predicted octanol–water partition coefficient (Wildman–Crippen LogP) is 0.729. The van der Waals surface area contributed by atoms with E-state index in [1.54, 1.807) is 13.2 Å². The monoisotopic (exact) mass is 300 g/mol. The average Bonchev–Trinajstić information content (AvgIpc) is 2.30. The first-order chi connectivity index (χ1) is 8.00. The normalized spacial score (nSPS) is 25.1. The van der Waals surface area contributed by atoms with E-state index in [4.69, 9.17) is 0 Å². The molecule has 2 heterocycles. The van der Waals surface area contributed by atoms with Crippen molar-refractivity contribution in [1.29, 1.82) is 0 Å². The maximum absolute atomic E-state index is 11.8. The molecule has 1 aromatic rings. The number of hydrogen-bond acceptors (Lipinski definition) is 4. The van der Waals surface area contributed by atoms with Gasteiger partial charge in [-0.25, -0.2) is 4.68 Å². The van der Waals surface area contributed by atoms with Gasteiger partial charge < -0.3 is 10.2 Å². The quantitative estimate of drug-likeness (QED) is 0.831. The second kappa shape index (κ2) is 4.78. The van der Waals surface area contributed by atoms with Gasteiger partial charge in [-0.2, -0.15) is 5.10 Å². The molecule has 0 bridgehead atoms. The maximum atomic E-state index is 11.8. The summed E-state index contributed by atoms with van der Waals surface area (Å²) in [5, 5.41) is 7.50. The van der Waals surface area contributed by atoms with Crippen molar-refractivity contribution in [2.45, 2.75) is 25.9 Å². The summed E-state index contributed by atoms with van der Waals surface area (Å²) in [6.45, 7) is 6.08. The van der Waals surface area contributed by atoms with Gasteiger partial charge in [0.05, 0.1) is 11.9 Å². The summed E-state index contributed by atoms with van der Waals surface area (Å²) in [7, 11) is 1.65. The lowest BCUT2D eigenvalue weighted by Gasteiger charge is -2.39. The first-order valence-electron chi connectivity index (χ1n) is 5.72. The Morgan fingerprint density at radius 1 is 1.53 bits per heavy atom. The molecule has 1 aromatic heterocycles. The van der Waals surface area contributed by atoms with Crippen molar-refractivity contribution >= 4 is 21.6 Å². The summed E-state index contributed by atoms with van der Waals surface area (Å²) in [6.07, 6.45) is 1.75. The van der Waals surface area contributed by atoms with Gasteiger partial charge in [0.1, 0.15) is 4.47 Å². The third-order valence-electron chi connectivity index (χ3n) is 3.13. The zero-order valence-electron chi connectivity index (χ0n) is 10.3. The third-order valence-corrected chi connectivity index (χ3v) is 3.88.